The number of nitrogens with two attached hydrogens (primary N) is 1. The van der Waals surface area contributed by atoms with Gasteiger partial charge in [-0.05, 0) is 25.2 Å². The molecular weight excluding hydrogens is 230 g/mol. The molecule has 2 heterocycles. The van der Waals surface area contributed by atoms with Crippen molar-refractivity contribution in [1.29, 1.82) is 0 Å². The van der Waals surface area contributed by atoms with Gasteiger partial charge in [-0.2, -0.15) is 0 Å². The van der Waals surface area contributed by atoms with Crippen LogP contribution in [0.1, 0.15) is 19.3 Å². The Morgan fingerprint density at radius 1 is 1.50 bits per heavy atom. The minimum atomic E-state index is -0.142. The number of aliphatic hydroxyl groups excluding tert-OH is 1. The number of aliphatic hydroxyl groups is 1. The lowest BCUT2D eigenvalue weighted by Crippen LogP contribution is -2.14. The van der Waals surface area contributed by atoms with Crippen molar-refractivity contribution < 1.29 is 5.11 Å². The van der Waals surface area contributed by atoms with Crippen molar-refractivity contribution in [2.24, 2.45) is 5.92 Å². The largest absolute Gasteiger partial charge is 0.393 e. The van der Waals surface area contributed by atoms with Gasteiger partial charge in [0.15, 0.2) is 11.5 Å². The maximum Gasteiger partial charge on any atom is 0.180 e. The summed E-state index contributed by atoms with van der Waals surface area (Å²) >= 11 is 0. The van der Waals surface area contributed by atoms with Crippen LogP contribution in [0.3, 0.4) is 0 Å². The first-order chi connectivity index (χ1) is 8.72. The van der Waals surface area contributed by atoms with Crippen molar-refractivity contribution in [1.82, 2.24) is 14.4 Å². The van der Waals surface area contributed by atoms with Crippen molar-refractivity contribution in [2.75, 3.05) is 17.6 Å². The van der Waals surface area contributed by atoms with Gasteiger partial charge < -0.3 is 20.6 Å². The van der Waals surface area contributed by atoms with Gasteiger partial charge in [-0.15, -0.1) is 0 Å². The van der Waals surface area contributed by atoms with Crippen LogP contribution in [-0.4, -0.2) is 32.1 Å². The van der Waals surface area contributed by atoms with E-state index >= 15 is 0 Å². The molecule has 1 saturated carbocycles. The first-order valence-electron chi connectivity index (χ1n) is 6.23. The summed E-state index contributed by atoms with van der Waals surface area (Å²) in [5, 5.41) is 12.8. The predicted octanol–water partition coefficient (Wildman–Crippen LogP) is 0.884. The van der Waals surface area contributed by atoms with E-state index in [0.717, 1.165) is 31.5 Å². The number of nitrogens with one attached hydrogen (secondary N) is 1. The smallest absolute Gasteiger partial charge is 0.180 e. The van der Waals surface area contributed by atoms with E-state index in [4.69, 9.17) is 5.73 Å². The molecule has 18 heavy (non-hydrogen) atoms. The number of nitrogens with zero attached hydrogens (tertiary/aromatic N) is 3. The van der Waals surface area contributed by atoms with Gasteiger partial charge in [0.2, 0.25) is 0 Å². The van der Waals surface area contributed by atoms with Gasteiger partial charge >= 0.3 is 0 Å². The number of fused-ring (bicyclic) bond motifs is 1. The Morgan fingerprint density at radius 2 is 2.39 bits per heavy atom. The van der Waals surface area contributed by atoms with Crippen molar-refractivity contribution in [2.45, 2.75) is 25.4 Å². The van der Waals surface area contributed by atoms with Crippen molar-refractivity contribution >= 4 is 17.3 Å². The molecule has 0 aromatic carbocycles. The van der Waals surface area contributed by atoms with E-state index in [2.05, 4.69) is 15.3 Å². The summed E-state index contributed by atoms with van der Waals surface area (Å²) in [7, 11) is 0. The zero-order valence-corrected chi connectivity index (χ0v) is 10.1. The predicted molar refractivity (Wildman–Crippen MR) is 69.2 cm³/mol. The van der Waals surface area contributed by atoms with Crippen LogP contribution >= 0.6 is 0 Å². The molecule has 0 spiro atoms. The molecule has 1 aliphatic carbocycles. The minimum Gasteiger partial charge on any atom is -0.393 e. The third-order valence-electron chi connectivity index (χ3n) is 3.46. The van der Waals surface area contributed by atoms with Crippen molar-refractivity contribution in [3.8, 4) is 0 Å². The number of aromatic nitrogens is 3. The van der Waals surface area contributed by atoms with Crippen LogP contribution < -0.4 is 11.1 Å². The van der Waals surface area contributed by atoms with Gasteiger partial charge in [0.25, 0.3) is 0 Å². The number of rotatable bonds is 3. The average molecular weight is 247 g/mol. The molecule has 1 aliphatic rings. The monoisotopic (exact) mass is 247 g/mol. The van der Waals surface area contributed by atoms with E-state index < -0.39 is 0 Å². The van der Waals surface area contributed by atoms with Crippen LogP contribution in [0.2, 0.25) is 0 Å². The highest BCUT2D eigenvalue weighted by Crippen LogP contribution is 2.26. The zero-order valence-electron chi connectivity index (χ0n) is 10.1. The Hall–Kier alpha value is -1.82. The van der Waals surface area contributed by atoms with Gasteiger partial charge in [0.05, 0.1) is 12.3 Å². The van der Waals surface area contributed by atoms with Gasteiger partial charge in [-0.3, -0.25) is 0 Å². The SMILES string of the molecule is Nc1cn2ccnc2c(NCC2CCC(O)C2)n1. The highest BCUT2D eigenvalue weighted by Gasteiger charge is 2.22. The number of imidazole rings is 1. The highest BCUT2D eigenvalue weighted by atomic mass is 16.3. The lowest BCUT2D eigenvalue weighted by molar-refractivity contribution is 0.178. The molecule has 0 bridgehead atoms. The van der Waals surface area contributed by atoms with Crippen molar-refractivity contribution in [3.63, 3.8) is 0 Å². The van der Waals surface area contributed by atoms with Gasteiger partial charge in [0.1, 0.15) is 5.82 Å². The van der Waals surface area contributed by atoms with E-state index in [1.807, 2.05) is 10.6 Å². The lowest BCUT2D eigenvalue weighted by Gasteiger charge is -2.12. The topological polar surface area (TPSA) is 88.5 Å². The number of nitrogen functional groups attached to an aromatic ring is 1. The Kier molecular flexibility index (Phi) is 2.79. The van der Waals surface area contributed by atoms with Gasteiger partial charge in [0, 0.05) is 18.9 Å². The molecule has 6 nitrogen and oxygen atoms in total. The van der Waals surface area contributed by atoms with E-state index in [-0.39, 0.29) is 6.10 Å². The van der Waals surface area contributed by atoms with Gasteiger partial charge in [-0.25, -0.2) is 9.97 Å². The highest BCUT2D eigenvalue weighted by molar-refractivity contribution is 5.64. The fourth-order valence-electron chi connectivity index (χ4n) is 2.54. The van der Waals surface area contributed by atoms with E-state index in [9.17, 15) is 5.11 Å². The Labute approximate surface area is 105 Å². The van der Waals surface area contributed by atoms with Crippen LogP contribution in [0, 0.1) is 5.92 Å². The number of hydrogen-bond donors (Lipinski definition) is 3. The molecule has 6 heteroatoms. The van der Waals surface area contributed by atoms with Crippen LogP contribution in [0.25, 0.3) is 5.65 Å². The molecule has 0 saturated heterocycles. The quantitative estimate of drug-likeness (QED) is 0.749. The molecule has 4 N–H and O–H groups in total. The molecule has 0 amide bonds. The van der Waals surface area contributed by atoms with E-state index in [0.29, 0.717) is 17.6 Å². The maximum atomic E-state index is 9.50. The molecule has 0 aliphatic heterocycles. The summed E-state index contributed by atoms with van der Waals surface area (Å²) in [5.74, 6) is 1.68. The van der Waals surface area contributed by atoms with Gasteiger partial charge in [-0.1, -0.05) is 0 Å². The normalized spacial score (nSPS) is 23.6. The number of hydrogen-bond acceptors (Lipinski definition) is 5. The molecule has 2 aromatic heterocycles. The van der Waals surface area contributed by atoms with Crippen LogP contribution in [0.15, 0.2) is 18.6 Å². The van der Waals surface area contributed by atoms with E-state index in [1.54, 1.807) is 12.4 Å². The fraction of sp³-hybridized carbons (Fsp3) is 0.500. The zero-order chi connectivity index (χ0) is 12.5. The molecule has 0 radical (unpaired) electrons. The molecule has 3 rings (SSSR count). The minimum absolute atomic E-state index is 0.142. The third-order valence-corrected chi connectivity index (χ3v) is 3.46. The summed E-state index contributed by atoms with van der Waals surface area (Å²) < 4.78 is 1.86. The van der Waals surface area contributed by atoms with Crippen LogP contribution in [0.4, 0.5) is 11.6 Å². The summed E-state index contributed by atoms with van der Waals surface area (Å²) in [5.41, 5.74) is 6.53. The second-order valence-corrected chi connectivity index (χ2v) is 4.89. The summed E-state index contributed by atoms with van der Waals surface area (Å²) in [6.45, 7) is 0.802. The second-order valence-electron chi connectivity index (χ2n) is 4.89. The molecule has 2 aromatic rings. The Balaban J connectivity index is 1.75. The molecule has 96 valence electrons. The average Bonchev–Trinajstić information content (AvgIpc) is 2.94. The standard InChI is InChI=1S/C12H17N5O/c13-10-7-17-4-3-14-12(17)11(16-10)15-6-8-1-2-9(18)5-8/h3-4,7-9,18H,1-2,5-6,13H2,(H,15,16). The van der Waals surface area contributed by atoms with Crippen molar-refractivity contribution in [3.05, 3.63) is 18.6 Å². The first kappa shape index (κ1) is 11.3. The second kappa shape index (κ2) is 4.45. The summed E-state index contributed by atoms with van der Waals surface area (Å²) in [6.07, 6.45) is 7.99. The van der Waals surface area contributed by atoms with Crippen LogP contribution in [-0.2, 0) is 0 Å². The van der Waals surface area contributed by atoms with E-state index in [1.165, 1.54) is 0 Å². The fourth-order valence-corrected chi connectivity index (χ4v) is 2.54. The molecule has 1 fully saturated rings. The summed E-state index contributed by atoms with van der Waals surface area (Å²) in [6, 6.07) is 0. The third kappa shape index (κ3) is 2.11. The molecule has 2 unspecified atom stereocenters. The lowest BCUT2D eigenvalue weighted by atomic mass is 10.1. The first-order valence-corrected chi connectivity index (χ1v) is 6.23. The number of anilines is 2. The maximum absolute atomic E-state index is 9.50. The molecule has 2 atom stereocenters. The molecular formula is C12H17N5O. The Morgan fingerprint density at radius 3 is 3.17 bits per heavy atom. The summed E-state index contributed by atoms with van der Waals surface area (Å²) in [4.78, 5) is 8.53. The Bertz CT molecular complexity index is 552. The van der Waals surface area contributed by atoms with Crippen LogP contribution in [0.5, 0.6) is 0 Å².